The first-order chi connectivity index (χ1) is 14.8. The summed E-state index contributed by atoms with van der Waals surface area (Å²) in [5.74, 6) is 1.28. The number of benzene rings is 2. The summed E-state index contributed by atoms with van der Waals surface area (Å²) in [6.07, 6.45) is 1.60. The van der Waals surface area contributed by atoms with E-state index >= 15 is 0 Å². The maximum atomic E-state index is 13.9. The lowest BCUT2D eigenvalue weighted by Gasteiger charge is -2.39. The summed E-state index contributed by atoms with van der Waals surface area (Å²) in [5, 5.41) is 3.69. The second kappa shape index (κ2) is 5.88. The molecule has 0 spiro atoms. The fourth-order valence-corrected chi connectivity index (χ4v) is 5.99. The molecule has 6 nitrogen and oxygen atoms in total. The van der Waals surface area contributed by atoms with Crippen LogP contribution in [0.5, 0.6) is 11.5 Å². The molecule has 3 aliphatic rings. The third-order valence-corrected chi connectivity index (χ3v) is 8.24. The van der Waals surface area contributed by atoms with E-state index in [1.54, 1.807) is 12.1 Å². The first-order valence-electron chi connectivity index (χ1n) is 10.5. The van der Waals surface area contributed by atoms with Crippen LogP contribution in [0.15, 0.2) is 36.4 Å². The molecule has 2 heterocycles. The molecule has 7 heteroatoms. The molecule has 2 atom stereocenters. The molecule has 6 rings (SSSR count). The fraction of sp³-hybridized carbons (Fsp3) is 0.375. The highest BCUT2D eigenvalue weighted by Gasteiger charge is 2.73. The van der Waals surface area contributed by atoms with Crippen molar-refractivity contribution in [3.63, 3.8) is 0 Å². The van der Waals surface area contributed by atoms with Crippen molar-refractivity contribution < 1.29 is 14.3 Å². The number of amides is 1. The number of rotatable bonds is 2. The monoisotopic (exact) mass is 435 g/mol. The smallest absolute Gasteiger partial charge is 0.237 e. The maximum Gasteiger partial charge on any atom is 0.237 e. The number of nitrogens with one attached hydrogen (secondary N) is 1. The molecule has 158 valence electrons. The van der Waals surface area contributed by atoms with Crippen LogP contribution in [0.4, 0.5) is 5.69 Å². The zero-order valence-electron chi connectivity index (χ0n) is 17.6. The SMILES string of the molecule is CC12CCC(C(=O)Nc3cccc(Cl)c3)(c3nc4cc5c(cc4nc31)OCO5)C2(C)C. The fourth-order valence-electron chi connectivity index (χ4n) is 5.80. The van der Waals surface area contributed by atoms with Gasteiger partial charge in [-0.25, -0.2) is 9.97 Å². The van der Waals surface area contributed by atoms with E-state index < -0.39 is 5.41 Å². The second-order valence-corrected chi connectivity index (χ2v) is 9.88. The Balaban J connectivity index is 1.54. The van der Waals surface area contributed by atoms with Crippen molar-refractivity contribution in [2.24, 2.45) is 5.41 Å². The molecule has 2 unspecified atom stereocenters. The quantitative estimate of drug-likeness (QED) is 0.614. The highest BCUT2D eigenvalue weighted by molar-refractivity contribution is 6.30. The first-order valence-corrected chi connectivity index (χ1v) is 10.8. The zero-order chi connectivity index (χ0) is 21.6. The Bertz CT molecular complexity index is 1290. The molecule has 31 heavy (non-hydrogen) atoms. The van der Waals surface area contributed by atoms with Gasteiger partial charge in [0, 0.05) is 28.3 Å². The summed E-state index contributed by atoms with van der Waals surface area (Å²) < 4.78 is 11.1. The van der Waals surface area contributed by atoms with Crippen molar-refractivity contribution in [1.82, 2.24) is 9.97 Å². The van der Waals surface area contributed by atoms with Gasteiger partial charge >= 0.3 is 0 Å². The third kappa shape index (κ3) is 2.21. The largest absolute Gasteiger partial charge is 0.454 e. The number of fused-ring (bicyclic) bond motifs is 7. The van der Waals surface area contributed by atoms with Crippen LogP contribution in [0.3, 0.4) is 0 Å². The molecule has 1 saturated carbocycles. The van der Waals surface area contributed by atoms with Gasteiger partial charge in [0.25, 0.3) is 0 Å². The lowest BCUT2D eigenvalue weighted by Crippen LogP contribution is -2.48. The summed E-state index contributed by atoms with van der Waals surface area (Å²) in [6.45, 7) is 6.73. The van der Waals surface area contributed by atoms with Gasteiger partial charge in [-0.1, -0.05) is 38.4 Å². The van der Waals surface area contributed by atoms with Gasteiger partial charge in [0.15, 0.2) is 11.5 Å². The number of carbonyl (C=O) groups is 1. The average Bonchev–Trinajstić information content (AvgIpc) is 3.30. The van der Waals surface area contributed by atoms with Crippen molar-refractivity contribution in [1.29, 1.82) is 0 Å². The molecule has 3 aromatic rings. The predicted octanol–water partition coefficient (Wildman–Crippen LogP) is 4.98. The van der Waals surface area contributed by atoms with Crippen LogP contribution < -0.4 is 14.8 Å². The molecule has 1 aliphatic heterocycles. The van der Waals surface area contributed by atoms with E-state index in [2.05, 4.69) is 26.1 Å². The van der Waals surface area contributed by atoms with Gasteiger partial charge in [-0.3, -0.25) is 4.79 Å². The van der Waals surface area contributed by atoms with E-state index in [9.17, 15) is 4.79 Å². The van der Waals surface area contributed by atoms with E-state index in [1.807, 2.05) is 24.3 Å². The molecule has 1 amide bonds. The number of ether oxygens (including phenoxy) is 2. The van der Waals surface area contributed by atoms with E-state index in [0.717, 1.165) is 29.7 Å². The number of carbonyl (C=O) groups excluding carboxylic acids is 1. The lowest BCUT2D eigenvalue weighted by molar-refractivity contribution is -0.125. The number of hydrogen-bond donors (Lipinski definition) is 1. The highest BCUT2D eigenvalue weighted by atomic mass is 35.5. The van der Waals surface area contributed by atoms with Crippen LogP contribution >= 0.6 is 11.6 Å². The Labute approximate surface area is 184 Å². The maximum absolute atomic E-state index is 13.9. The molecule has 2 aliphatic carbocycles. The topological polar surface area (TPSA) is 73.3 Å². The molecule has 1 N–H and O–H groups in total. The van der Waals surface area contributed by atoms with Crippen molar-refractivity contribution in [3.8, 4) is 11.5 Å². The van der Waals surface area contributed by atoms with Crippen molar-refractivity contribution in [3.05, 3.63) is 52.8 Å². The number of aromatic nitrogens is 2. The summed E-state index contributed by atoms with van der Waals surface area (Å²) in [7, 11) is 0. The van der Waals surface area contributed by atoms with Gasteiger partial charge in [0.2, 0.25) is 12.7 Å². The van der Waals surface area contributed by atoms with E-state index in [1.165, 1.54) is 0 Å². The first kappa shape index (κ1) is 18.9. The average molecular weight is 436 g/mol. The third-order valence-electron chi connectivity index (χ3n) is 8.00. The van der Waals surface area contributed by atoms with Crippen LogP contribution in [0, 0.1) is 5.41 Å². The molecule has 1 fully saturated rings. The van der Waals surface area contributed by atoms with Crippen LogP contribution in [0.25, 0.3) is 11.0 Å². The number of halogens is 1. The predicted molar refractivity (Wildman–Crippen MR) is 118 cm³/mol. The van der Waals surface area contributed by atoms with Gasteiger partial charge in [0.1, 0.15) is 0 Å². The van der Waals surface area contributed by atoms with Crippen LogP contribution in [-0.4, -0.2) is 22.7 Å². The summed E-state index contributed by atoms with van der Waals surface area (Å²) in [5.41, 5.74) is 2.44. The van der Waals surface area contributed by atoms with Crippen LogP contribution in [-0.2, 0) is 15.6 Å². The van der Waals surface area contributed by atoms with E-state index in [-0.39, 0.29) is 23.5 Å². The summed E-state index contributed by atoms with van der Waals surface area (Å²) >= 11 is 6.14. The van der Waals surface area contributed by atoms with Gasteiger partial charge in [-0.15, -0.1) is 0 Å². The molecule has 0 saturated heterocycles. The lowest BCUT2D eigenvalue weighted by atomic mass is 9.63. The molecule has 0 radical (unpaired) electrons. The Morgan fingerprint density at radius 2 is 1.68 bits per heavy atom. The number of hydrogen-bond acceptors (Lipinski definition) is 5. The van der Waals surface area contributed by atoms with E-state index in [0.29, 0.717) is 27.7 Å². The molecular formula is C24H22ClN3O3. The molecule has 2 aromatic carbocycles. The van der Waals surface area contributed by atoms with Gasteiger partial charge < -0.3 is 14.8 Å². The van der Waals surface area contributed by atoms with Gasteiger partial charge in [-0.05, 0) is 36.5 Å². The van der Waals surface area contributed by atoms with Gasteiger partial charge in [-0.2, -0.15) is 0 Å². The van der Waals surface area contributed by atoms with Crippen molar-refractivity contribution in [2.45, 2.75) is 44.4 Å². The van der Waals surface area contributed by atoms with Crippen molar-refractivity contribution >= 4 is 34.2 Å². The molecule has 1 aromatic heterocycles. The van der Waals surface area contributed by atoms with Crippen LogP contribution in [0.2, 0.25) is 5.02 Å². The Morgan fingerprint density at radius 1 is 1.00 bits per heavy atom. The Kier molecular flexibility index (Phi) is 3.58. The molecular weight excluding hydrogens is 414 g/mol. The van der Waals surface area contributed by atoms with Crippen molar-refractivity contribution in [2.75, 3.05) is 12.1 Å². The summed E-state index contributed by atoms with van der Waals surface area (Å²) in [6, 6.07) is 11.0. The minimum Gasteiger partial charge on any atom is -0.454 e. The standard InChI is InChI=1S/C24H22ClN3O3/c1-22(2)23(3)7-8-24(22,21(29)26-14-6-4-5-13(25)9-14)20-19(23)27-15-10-17-18(31-12-30-17)11-16(15)28-20/h4-6,9-11H,7-8,12H2,1-3H3,(H,26,29). The number of nitrogens with zero attached hydrogens (tertiary/aromatic N) is 2. The highest BCUT2D eigenvalue weighted by Crippen LogP contribution is 2.70. The minimum atomic E-state index is -0.781. The second-order valence-electron chi connectivity index (χ2n) is 9.44. The Morgan fingerprint density at radius 3 is 2.35 bits per heavy atom. The van der Waals surface area contributed by atoms with Gasteiger partial charge in [0.05, 0.1) is 27.8 Å². The summed E-state index contributed by atoms with van der Waals surface area (Å²) in [4.78, 5) is 23.9. The normalized spacial score (nSPS) is 26.8. The minimum absolute atomic E-state index is 0.0587. The number of anilines is 1. The Hall–Kier alpha value is -2.86. The zero-order valence-corrected chi connectivity index (χ0v) is 18.3. The van der Waals surface area contributed by atoms with E-state index in [4.69, 9.17) is 31.0 Å². The molecule has 2 bridgehead atoms. The van der Waals surface area contributed by atoms with Crippen LogP contribution in [0.1, 0.15) is 45.0 Å².